The Bertz CT molecular complexity index is 847. The lowest BCUT2D eigenvalue weighted by Crippen LogP contribution is -2.62. The number of carbonyl (C=O) groups is 1. The number of hydrogen-bond donors (Lipinski definition) is 0. The first-order valence-electron chi connectivity index (χ1n) is 13.7. The quantitative estimate of drug-likeness (QED) is 0.196. The molecule has 0 amide bonds. The van der Waals surface area contributed by atoms with E-state index in [-0.39, 0.29) is 28.8 Å². The molecule has 0 unspecified atom stereocenters. The van der Waals surface area contributed by atoms with Gasteiger partial charge >= 0.3 is 0 Å². The van der Waals surface area contributed by atoms with Gasteiger partial charge in [0.15, 0.2) is 19.9 Å². The predicted octanol–water partition coefficient (Wildman–Crippen LogP) is 7.18. The average Bonchev–Trinajstić information content (AvgIpc) is 3.29. The number of hydrogen-bond acceptors (Lipinski definition) is 5. The van der Waals surface area contributed by atoms with Gasteiger partial charge in [-0.2, -0.15) is 0 Å². The van der Waals surface area contributed by atoms with Crippen LogP contribution in [0.4, 0.5) is 0 Å². The lowest BCUT2D eigenvalue weighted by Gasteiger charge is -2.54. The molecule has 1 aliphatic carbocycles. The minimum atomic E-state index is -1.68. The lowest BCUT2D eigenvalue weighted by molar-refractivity contribution is -0.255. The summed E-state index contributed by atoms with van der Waals surface area (Å²) in [5, 5.41) is 0. The topological polar surface area (TPSA) is 54.0 Å². The van der Waals surface area contributed by atoms with Gasteiger partial charge in [-0.1, -0.05) is 39.3 Å². The summed E-state index contributed by atoms with van der Waals surface area (Å²) in [5.74, 6) is -0.526. The molecular weight excluding hydrogens is 456 g/mol. The van der Waals surface area contributed by atoms with E-state index < -0.39 is 19.5 Å². The molecule has 35 heavy (non-hydrogen) atoms. The Balaban J connectivity index is 1.85. The van der Waals surface area contributed by atoms with Crippen LogP contribution in [0, 0.1) is 16.7 Å². The van der Waals surface area contributed by atoms with Gasteiger partial charge in [0.2, 0.25) is 0 Å². The summed E-state index contributed by atoms with van der Waals surface area (Å²) in [6, 6.07) is 3.48. The molecule has 2 bridgehead atoms. The second-order valence-corrected chi connectivity index (χ2v) is 17.0. The van der Waals surface area contributed by atoms with Gasteiger partial charge < -0.3 is 18.6 Å². The second-order valence-electron chi connectivity index (χ2n) is 12.3. The SMILES string of the molecule is CC[Si](CC)(CC)OC(C)(C)CCC[C@]1(C)[C@@H]2C[C@]3(CC=C(C)C)C(OC)=CC(=O)[C@H]1[C@]3(OC)O2. The summed E-state index contributed by atoms with van der Waals surface area (Å²) in [4.78, 5) is 13.6. The molecule has 0 aromatic heterocycles. The molecule has 3 rings (SSSR count). The van der Waals surface area contributed by atoms with Crippen molar-refractivity contribution in [2.24, 2.45) is 16.7 Å². The molecule has 6 heteroatoms. The Hall–Kier alpha value is -0.953. The highest BCUT2D eigenvalue weighted by atomic mass is 28.4. The summed E-state index contributed by atoms with van der Waals surface area (Å²) in [5.41, 5.74) is 0.345. The highest BCUT2D eigenvalue weighted by Gasteiger charge is 2.80. The third-order valence-corrected chi connectivity index (χ3v) is 14.5. The molecule has 0 radical (unpaired) electrons. The summed E-state index contributed by atoms with van der Waals surface area (Å²) < 4.78 is 25.6. The molecule has 2 fully saturated rings. The van der Waals surface area contributed by atoms with Crippen LogP contribution in [-0.2, 0) is 23.4 Å². The highest BCUT2D eigenvalue weighted by molar-refractivity contribution is 6.73. The standard InChI is InChI=1S/C29H50O5Si/c1-11-35(12-2,13-3)34-26(6,7)16-14-17-27(8)24-20-28(18-15-21(4)5)23(31-9)19-22(30)25(27)29(28,32-10)33-24/h15,19,24-25H,11-14,16-18,20H2,1-10H3/t24-,25+,27+,28+,29-/m0/s1. The van der Waals surface area contributed by atoms with Gasteiger partial charge in [0.25, 0.3) is 0 Å². The fourth-order valence-corrected chi connectivity index (χ4v) is 10.6. The zero-order chi connectivity index (χ0) is 26.3. The zero-order valence-corrected chi connectivity index (χ0v) is 25.0. The zero-order valence-electron chi connectivity index (χ0n) is 24.0. The predicted molar refractivity (Wildman–Crippen MR) is 144 cm³/mol. The van der Waals surface area contributed by atoms with Crippen molar-refractivity contribution in [2.75, 3.05) is 14.2 Å². The van der Waals surface area contributed by atoms with E-state index in [4.69, 9.17) is 18.6 Å². The highest BCUT2D eigenvalue weighted by Crippen LogP contribution is 2.72. The van der Waals surface area contributed by atoms with E-state index in [1.165, 1.54) is 5.57 Å². The van der Waals surface area contributed by atoms with E-state index in [1.54, 1.807) is 20.3 Å². The fourth-order valence-electron chi connectivity index (χ4n) is 7.42. The maximum atomic E-state index is 13.6. The second kappa shape index (κ2) is 10.1. The van der Waals surface area contributed by atoms with E-state index in [0.29, 0.717) is 5.76 Å². The molecule has 3 aliphatic rings. The Morgan fingerprint density at radius 3 is 2.34 bits per heavy atom. The number of methoxy groups -OCH3 is 2. The number of ketones is 1. The molecule has 2 heterocycles. The van der Waals surface area contributed by atoms with Gasteiger partial charge in [-0.15, -0.1) is 0 Å². The molecular formula is C29H50O5Si. The minimum Gasteiger partial charge on any atom is -0.500 e. The van der Waals surface area contributed by atoms with E-state index in [1.807, 2.05) is 0 Å². The maximum absolute atomic E-state index is 13.6. The van der Waals surface area contributed by atoms with Crippen LogP contribution in [0.15, 0.2) is 23.5 Å². The molecule has 5 nitrogen and oxygen atoms in total. The van der Waals surface area contributed by atoms with Gasteiger partial charge in [-0.3, -0.25) is 4.79 Å². The average molecular weight is 507 g/mol. The van der Waals surface area contributed by atoms with Gasteiger partial charge in [0, 0.05) is 18.6 Å². The summed E-state index contributed by atoms with van der Waals surface area (Å²) in [7, 11) is 1.68. The van der Waals surface area contributed by atoms with Gasteiger partial charge in [0.1, 0.15) is 5.76 Å². The molecule has 2 aliphatic heterocycles. The first kappa shape index (κ1) is 28.6. The van der Waals surface area contributed by atoms with Crippen molar-refractivity contribution in [3.63, 3.8) is 0 Å². The first-order valence-corrected chi connectivity index (χ1v) is 16.2. The molecule has 2 saturated heterocycles. The number of ether oxygens (including phenoxy) is 3. The Morgan fingerprint density at radius 2 is 1.83 bits per heavy atom. The van der Waals surface area contributed by atoms with Crippen LogP contribution in [0.5, 0.6) is 0 Å². The number of carbonyl (C=O) groups excluding carboxylic acids is 1. The van der Waals surface area contributed by atoms with Crippen LogP contribution in [0.2, 0.25) is 18.1 Å². The number of allylic oxidation sites excluding steroid dienone is 3. The third kappa shape index (κ3) is 4.51. The summed E-state index contributed by atoms with van der Waals surface area (Å²) >= 11 is 0. The van der Waals surface area contributed by atoms with Crippen LogP contribution in [0.1, 0.15) is 87.5 Å². The van der Waals surface area contributed by atoms with Crippen LogP contribution < -0.4 is 0 Å². The van der Waals surface area contributed by atoms with Gasteiger partial charge in [-0.25, -0.2) is 0 Å². The van der Waals surface area contributed by atoms with E-state index in [2.05, 4.69) is 61.5 Å². The van der Waals surface area contributed by atoms with Gasteiger partial charge in [-0.05, 0) is 77.9 Å². The van der Waals surface area contributed by atoms with Crippen LogP contribution in [0.25, 0.3) is 0 Å². The fraction of sp³-hybridized carbons (Fsp3) is 0.828. The normalized spacial score (nSPS) is 34.2. The Labute approximate surface area is 215 Å². The minimum absolute atomic E-state index is 0.0415. The molecule has 0 N–H and O–H groups in total. The summed E-state index contributed by atoms with van der Waals surface area (Å²) in [6.07, 6.45) is 8.37. The lowest BCUT2D eigenvalue weighted by atomic mass is 9.50. The van der Waals surface area contributed by atoms with Gasteiger partial charge in [0.05, 0.1) is 30.1 Å². The molecule has 5 atom stereocenters. The third-order valence-electron chi connectivity index (χ3n) is 9.62. The van der Waals surface area contributed by atoms with Crippen molar-refractivity contribution in [1.29, 1.82) is 0 Å². The molecule has 0 saturated carbocycles. The van der Waals surface area contributed by atoms with Crippen LogP contribution in [-0.4, -0.2) is 45.8 Å². The van der Waals surface area contributed by atoms with Crippen molar-refractivity contribution in [2.45, 2.75) is 123 Å². The smallest absolute Gasteiger partial charge is 0.192 e. The van der Waals surface area contributed by atoms with E-state index in [0.717, 1.165) is 50.2 Å². The largest absolute Gasteiger partial charge is 0.500 e. The molecule has 200 valence electrons. The monoisotopic (exact) mass is 506 g/mol. The Kier molecular flexibility index (Phi) is 8.24. The van der Waals surface area contributed by atoms with E-state index in [9.17, 15) is 4.79 Å². The number of rotatable bonds is 13. The van der Waals surface area contributed by atoms with Crippen molar-refractivity contribution in [3.05, 3.63) is 23.5 Å². The first-order chi connectivity index (χ1) is 16.3. The van der Waals surface area contributed by atoms with E-state index >= 15 is 0 Å². The van der Waals surface area contributed by atoms with Crippen molar-refractivity contribution < 1.29 is 23.4 Å². The maximum Gasteiger partial charge on any atom is 0.192 e. The summed E-state index contributed by atoms with van der Waals surface area (Å²) in [6.45, 7) is 17.8. The molecule has 0 spiro atoms. The Morgan fingerprint density at radius 1 is 1.20 bits per heavy atom. The number of fused-ring (bicyclic) bond motifs is 1. The molecule has 0 aromatic carbocycles. The van der Waals surface area contributed by atoms with Crippen LogP contribution in [0.3, 0.4) is 0 Å². The van der Waals surface area contributed by atoms with Crippen molar-refractivity contribution >= 4 is 14.1 Å². The molecule has 0 aromatic rings. The van der Waals surface area contributed by atoms with Crippen LogP contribution >= 0.6 is 0 Å². The van der Waals surface area contributed by atoms with Crippen molar-refractivity contribution in [3.8, 4) is 0 Å². The van der Waals surface area contributed by atoms with Crippen molar-refractivity contribution in [1.82, 2.24) is 0 Å².